The average molecular weight is 339 g/mol. The molecule has 0 aromatic heterocycles. The van der Waals surface area contributed by atoms with E-state index < -0.39 is 23.4 Å². The Morgan fingerprint density at radius 3 is 2.39 bits per heavy atom. The third kappa shape index (κ3) is 5.03. The largest absolute Gasteiger partial charge is 0.347 e. The summed E-state index contributed by atoms with van der Waals surface area (Å²) in [5, 5.41) is 5.03. The molecule has 0 radical (unpaired) electrons. The molecule has 0 fully saturated rings. The van der Waals surface area contributed by atoms with E-state index in [0.717, 1.165) is 23.8 Å². The summed E-state index contributed by atoms with van der Waals surface area (Å²) in [5.41, 5.74) is 0.550. The molecule has 0 saturated heterocycles. The third-order valence-electron chi connectivity index (χ3n) is 3.00. The predicted molar refractivity (Wildman–Crippen MR) is 83.2 cm³/mol. The van der Waals surface area contributed by atoms with Crippen LogP contribution in [0.15, 0.2) is 42.5 Å². The first-order valence-electron chi connectivity index (χ1n) is 6.74. The van der Waals surface area contributed by atoms with E-state index >= 15 is 0 Å². The second-order valence-corrected chi connectivity index (χ2v) is 5.15. The number of hydrogen-bond acceptors (Lipinski definition) is 2. The van der Waals surface area contributed by atoms with E-state index in [4.69, 9.17) is 11.6 Å². The third-order valence-corrected chi connectivity index (χ3v) is 3.25. The highest BCUT2D eigenvalue weighted by Crippen LogP contribution is 2.15. The predicted octanol–water partition coefficient (Wildman–Crippen LogP) is 2.92. The highest BCUT2D eigenvalue weighted by molar-refractivity contribution is 6.39. The van der Waals surface area contributed by atoms with Gasteiger partial charge >= 0.3 is 11.8 Å². The Hall–Kier alpha value is -2.47. The molecule has 0 spiro atoms. The summed E-state index contributed by atoms with van der Waals surface area (Å²) in [4.78, 5) is 23.3. The number of benzene rings is 2. The van der Waals surface area contributed by atoms with E-state index in [9.17, 15) is 18.4 Å². The summed E-state index contributed by atoms with van der Waals surface area (Å²) in [6, 6.07) is 9.62. The van der Waals surface area contributed by atoms with Crippen LogP contribution < -0.4 is 10.6 Å². The maximum atomic E-state index is 13.4. The summed E-state index contributed by atoms with van der Waals surface area (Å²) in [6.45, 7) is 0.222. The first kappa shape index (κ1) is 16.9. The van der Waals surface area contributed by atoms with Crippen LogP contribution >= 0.6 is 11.6 Å². The van der Waals surface area contributed by atoms with Gasteiger partial charge in [-0.15, -0.1) is 0 Å². The molecule has 2 rings (SSSR count). The van der Waals surface area contributed by atoms with Crippen LogP contribution in [0.25, 0.3) is 0 Å². The van der Waals surface area contributed by atoms with Crippen molar-refractivity contribution >= 4 is 29.1 Å². The Labute approximate surface area is 136 Å². The van der Waals surface area contributed by atoms with Crippen molar-refractivity contribution in [3.8, 4) is 0 Å². The monoisotopic (exact) mass is 338 g/mol. The molecule has 0 unspecified atom stereocenters. The zero-order chi connectivity index (χ0) is 16.8. The van der Waals surface area contributed by atoms with Gasteiger partial charge in [0.1, 0.15) is 11.6 Å². The molecule has 0 heterocycles. The number of rotatable bonds is 4. The van der Waals surface area contributed by atoms with Crippen molar-refractivity contribution in [1.82, 2.24) is 5.32 Å². The highest BCUT2D eigenvalue weighted by Gasteiger charge is 2.15. The van der Waals surface area contributed by atoms with Gasteiger partial charge in [0, 0.05) is 17.6 Å². The average Bonchev–Trinajstić information content (AvgIpc) is 2.52. The molecule has 0 bridgehead atoms. The molecule has 120 valence electrons. The normalized spacial score (nSPS) is 10.2. The number of carbonyl (C=O) groups is 2. The second-order valence-electron chi connectivity index (χ2n) is 4.71. The van der Waals surface area contributed by atoms with Crippen molar-refractivity contribution in [2.75, 3.05) is 11.9 Å². The highest BCUT2D eigenvalue weighted by atomic mass is 35.5. The molecule has 2 N–H and O–H groups in total. The summed E-state index contributed by atoms with van der Waals surface area (Å²) < 4.78 is 26.4. The van der Waals surface area contributed by atoms with Crippen molar-refractivity contribution < 1.29 is 18.4 Å². The van der Waals surface area contributed by atoms with Crippen LogP contribution in [0.5, 0.6) is 0 Å². The van der Waals surface area contributed by atoms with Gasteiger partial charge in [-0.3, -0.25) is 9.59 Å². The van der Waals surface area contributed by atoms with Crippen LogP contribution in [-0.4, -0.2) is 18.4 Å². The molecule has 0 aliphatic heterocycles. The van der Waals surface area contributed by atoms with E-state index in [1.165, 1.54) is 0 Å². The summed E-state index contributed by atoms with van der Waals surface area (Å²) in [5.74, 6) is -3.54. The quantitative estimate of drug-likeness (QED) is 0.842. The van der Waals surface area contributed by atoms with Crippen LogP contribution in [0.2, 0.25) is 5.02 Å². The van der Waals surface area contributed by atoms with Gasteiger partial charge in [-0.1, -0.05) is 23.7 Å². The second kappa shape index (κ2) is 7.69. The van der Waals surface area contributed by atoms with Crippen LogP contribution in [0, 0.1) is 11.6 Å². The van der Waals surface area contributed by atoms with E-state index in [0.29, 0.717) is 11.4 Å². The zero-order valence-electron chi connectivity index (χ0n) is 11.9. The molecular formula is C16H13ClF2N2O2. The van der Waals surface area contributed by atoms with Crippen molar-refractivity contribution in [2.45, 2.75) is 6.42 Å². The molecule has 4 nitrogen and oxygen atoms in total. The minimum atomic E-state index is -1.06. The van der Waals surface area contributed by atoms with E-state index in [-0.39, 0.29) is 12.2 Å². The molecule has 23 heavy (non-hydrogen) atoms. The Balaban J connectivity index is 1.84. The lowest BCUT2D eigenvalue weighted by Gasteiger charge is -2.07. The Morgan fingerprint density at radius 1 is 1.00 bits per heavy atom. The number of hydrogen-bond donors (Lipinski definition) is 2. The van der Waals surface area contributed by atoms with Crippen molar-refractivity contribution in [1.29, 1.82) is 0 Å². The molecule has 0 aliphatic carbocycles. The van der Waals surface area contributed by atoms with Gasteiger partial charge in [0.25, 0.3) is 0 Å². The lowest BCUT2D eigenvalue weighted by Crippen LogP contribution is -2.36. The minimum Gasteiger partial charge on any atom is -0.347 e. The maximum absolute atomic E-state index is 13.4. The van der Waals surface area contributed by atoms with Crippen molar-refractivity contribution in [3.05, 3.63) is 64.7 Å². The van der Waals surface area contributed by atoms with Gasteiger partial charge in [-0.05, 0) is 36.2 Å². The number of carbonyl (C=O) groups excluding carboxylic acids is 2. The van der Waals surface area contributed by atoms with Gasteiger partial charge in [-0.2, -0.15) is 0 Å². The summed E-state index contributed by atoms with van der Waals surface area (Å²) in [6.07, 6.45) is 0.504. The fourth-order valence-corrected chi connectivity index (χ4v) is 1.95. The molecule has 0 aliphatic rings. The molecule has 0 atom stereocenters. The number of anilines is 1. The molecule has 2 aromatic rings. The van der Waals surface area contributed by atoms with Crippen LogP contribution in [0.3, 0.4) is 0 Å². The molecule has 2 aromatic carbocycles. The Bertz CT molecular complexity index is 721. The summed E-state index contributed by atoms with van der Waals surface area (Å²) in [7, 11) is 0. The maximum Gasteiger partial charge on any atom is 0.313 e. The van der Waals surface area contributed by atoms with Gasteiger partial charge in [0.15, 0.2) is 0 Å². The topological polar surface area (TPSA) is 58.2 Å². The summed E-state index contributed by atoms with van der Waals surface area (Å²) >= 11 is 5.76. The first-order chi connectivity index (χ1) is 11.0. The van der Waals surface area contributed by atoms with E-state index in [1.807, 2.05) is 5.32 Å². The standard InChI is InChI=1S/C16H13ClF2N2O2/c17-11-3-1-10(2-4-11)7-8-20-15(22)16(23)21-14-9-12(18)5-6-13(14)19/h1-6,9H,7-8H2,(H,20,22)(H,21,23). The van der Waals surface area contributed by atoms with E-state index in [1.54, 1.807) is 24.3 Å². The fraction of sp³-hybridized carbons (Fsp3) is 0.125. The van der Waals surface area contributed by atoms with E-state index in [2.05, 4.69) is 5.32 Å². The molecule has 7 heteroatoms. The van der Waals surface area contributed by atoms with Crippen LogP contribution in [-0.2, 0) is 16.0 Å². The van der Waals surface area contributed by atoms with Gasteiger partial charge in [-0.25, -0.2) is 8.78 Å². The lowest BCUT2D eigenvalue weighted by atomic mass is 10.1. The van der Waals surface area contributed by atoms with Crippen molar-refractivity contribution in [3.63, 3.8) is 0 Å². The lowest BCUT2D eigenvalue weighted by molar-refractivity contribution is -0.136. The Kier molecular flexibility index (Phi) is 5.65. The van der Waals surface area contributed by atoms with Crippen LogP contribution in [0.1, 0.15) is 5.56 Å². The van der Waals surface area contributed by atoms with Crippen LogP contribution in [0.4, 0.5) is 14.5 Å². The fourth-order valence-electron chi connectivity index (χ4n) is 1.82. The van der Waals surface area contributed by atoms with Gasteiger partial charge < -0.3 is 10.6 Å². The number of halogens is 3. The van der Waals surface area contributed by atoms with Crippen molar-refractivity contribution in [2.24, 2.45) is 0 Å². The number of nitrogens with one attached hydrogen (secondary N) is 2. The molecule has 2 amide bonds. The Morgan fingerprint density at radius 2 is 1.70 bits per heavy atom. The first-order valence-corrected chi connectivity index (χ1v) is 7.12. The molecular weight excluding hydrogens is 326 g/mol. The minimum absolute atomic E-state index is 0.222. The van der Waals surface area contributed by atoms with Gasteiger partial charge in [0.2, 0.25) is 0 Å². The van der Waals surface area contributed by atoms with Gasteiger partial charge in [0.05, 0.1) is 5.69 Å². The molecule has 0 saturated carbocycles. The smallest absolute Gasteiger partial charge is 0.313 e. The number of amides is 2. The zero-order valence-corrected chi connectivity index (χ0v) is 12.7. The SMILES string of the molecule is O=C(NCCc1ccc(Cl)cc1)C(=O)Nc1cc(F)ccc1F.